The molecule has 10 rings (SSSR count). The molecule has 2 aromatic carbocycles. The number of hydrogen-bond acceptors (Lipinski definition) is 14. The first kappa shape index (κ1) is 58.2. The molecule has 2 fully saturated rings. The van der Waals surface area contributed by atoms with Crippen molar-refractivity contribution in [2.75, 3.05) is 88.7 Å². The van der Waals surface area contributed by atoms with Crippen LogP contribution in [0.1, 0.15) is 99.1 Å². The fourth-order valence-electron chi connectivity index (χ4n) is 12.0. The first-order chi connectivity index (χ1) is 40.1. The number of ether oxygens (including phenoxy) is 2. The maximum Gasteiger partial charge on any atom is 0.317 e. The first-order valence-corrected chi connectivity index (χ1v) is 28.9. The van der Waals surface area contributed by atoms with Gasteiger partial charge in [-0.2, -0.15) is 15.2 Å². The highest BCUT2D eigenvalue weighted by Gasteiger charge is 2.36. The van der Waals surface area contributed by atoms with Crippen molar-refractivity contribution in [3.05, 3.63) is 86.7 Å². The van der Waals surface area contributed by atoms with Gasteiger partial charge in [0.05, 0.1) is 37.6 Å². The fraction of sp³-hybridized carbons (Fsp3) is 0.500. The number of unbranched alkanes of at least 4 members (excludes halogenated alkanes) is 3. The minimum Gasteiger partial charge on any atom is -0.494 e. The van der Waals surface area contributed by atoms with Gasteiger partial charge in [-0.25, -0.2) is 18.6 Å². The van der Waals surface area contributed by atoms with Gasteiger partial charge < -0.3 is 54.9 Å². The number of urea groups is 1. The number of hydrogen-bond donors (Lipinski definition) is 4. The van der Waals surface area contributed by atoms with E-state index in [0.29, 0.717) is 135 Å². The normalized spacial score (nSPS) is 15.8. The van der Waals surface area contributed by atoms with E-state index in [2.05, 4.69) is 40.9 Å². The van der Waals surface area contributed by atoms with Crippen LogP contribution in [0.3, 0.4) is 0 Å². The highest BCUT2D eigenvalue weighted by Crippen LogP contribution is 2.44. The number of nitrogens with one attached hydrogen (secondary N) is 4. The van der Waals surface area contributed by atoms with Crippen LogP contribution in [0.5, 0.6) is 11.5 Å². The average Bonchev–Trinajstić information content (AvgIpc) is 3.91. The molecule has 0 saturated carbocycles. The van der Waals surface area contributed by atoms with Crippen LogP contribution in [0.4, 0.5) is 42.5 Å². The van der Waals surface area contributed by atoms with Gasteiger partial charge in [-0.3, -0.25) is 28.5 Å². The van der Waals surface area contributed by atoms with E-state index in [1.165, 1.54) is 24.9 Å². The van der Waals surface area contributed by atoms with Gasteiger partial charge in [-0.05, 0) is 86.8 Å². The largest absolute Gasteiger partial charge is 0.494 e. The zero-order chi connectivity index (χ0) is 58.5. The van der Waals surface area contributed by atoms with Gasteiger partial charge in [-0.1, -0.05) is 24.4 Å². The maximum atomic E-state index is 14.8. The molecule has 25 heteroatoms. The van der Waals surface area contributed by atoms with Crippen molar-refractivity contribution >= 4 is 75.2 Å². The monoisotopic (exact) mass is 1160 g/mol. The van der Waals surface area contributed by atoms with Crippen molar-refractivity contribution < 1.29 is 37.4 Å². The summed E-state index contributed by atoms with van der Waals surface area (Å²) in [6, 6.07) is 8.44. The number of amides is 5. The second kappa shape index (κ2) is 25.6. The maximum absolute atomic E-state index is 14.8. The van der Waals surface area contributed by atoms with Crippen molar-refractivity contribution in [1.29, 1.82) is 0 Å². The highest BCUT2D eigenvalue weighted by atomic mass is 35.5. The van der Waals surface area contributed by atoms with Gasteiger partial charge in [-0.15, -0.1) is 0 Å². The third kappa shape index (κ3) is 12.7. The second-order valence-electron chi connectivity index (χ2n) is 21.7. The Hall–Kier alpha value is -8.02. The second-order valence-corrected chi connectivity index (χ2v) is 22.1. The third-order valence-electron chi connectivity index (χ3n) is 16.5. The van der Waals surface area contributed by atoms with Crippen LogP contribution in [-0.2, 0) is 47.9 Å². The topological polar surface area (TPSA) is 231 Å². The number of methoxy groups -OCH3 is 1. The van der Waals surface area contributed by atoms with Gasteiger partial charge in [0.1, 0.15) is 10.8 Å². The number of nitrogens with zero attached hydrogens (tertiary/aromatic N) is 11. The molecular formula is C58H72ClF2N15O7. The molecule has 4 N–H and O–H groups in total. The number of fused-ring (bicyclic) bond motifs is 3. The van der Waals surface area contributed by atoms with Crippen LogP contribution in [0.2, 0.25) is 5.02 Å². The SMILES string of the molecule is CNC(=O)COc1cc2cc(Nc3nc(N4CCC(C(=O)NCCCCCCC(=O)N5CCC(n6nc(N7CCCc8cc(-c9cnn(C)c9)c(C(F)F)cc87)c7c6CCN(C(=O)NC)C7)CC5)CC4)ncc3Cl)cc(OC)c2n(C)c1=O. The summed E-state index contributed by atoms with van der Waals surface area (Å²) in [4.78, 5) is 81.7. The summed E-state index contributed by atoms with van der Waals surface area (Å²) in [6.45, 7) is 4.07. The summed E-state index contributed by atoms with van der Waals surface area (Å²) in [5.74, 6) is 1.59. The summed E-state index contributed by atoms with van der Waals surface area (Å²) >= 11 is 6.60. The number of anilines is 5. The molecule has 2 saturated heterocycles. The Labute approximate surface area is 484 Å². The summed E-state index contributed by atoms with van der Waals surface area (Å²) in [7, 11) is 7.97. The van der Waals surface area contributed by atoms with Gasteiger partial charge >= 0.3 is 6.03 Å². The van der Waals surface area contributed by atoms with E-state index in [1.54, 1.807) is 67.4 Å². The number of rotatable bonds is 19. The molecule has 4 aliphatic rings. The summed E-state index contributed by atoms with van der Waals surface area (Å²) in [6.07, 6.45) is 10.8. The number of likely N-dealkylation sites (tertiary alicyclic amines) is 1. The fourth-order valence-corrected chi connectivity index (χ4v) is 12.1. The van der Waals surface area contributed by atoms with E-state index >= 15 is 0 Å². The number of likely N-dealkylation sites (N-methyl/N-ethyl adjacent to an activating group) is 1. The minimum atomic E-state index is -2.70. The number of carbonyl (C=O) groups excluding carboxylic acids is 4. The quantitative estimate of drug-likeness (QED) is 0.0583. The molecule has 5 amide bonds. The van der Waals surface area contributed by atoms with E-state index in [9.17, 15) is 32.8 Å². The van der Waals surface area contributed by atoms with Gasteiger partial charge in [0.25, 0.3) is 17.9 Å². The van der Waals surface area contributed by atoms with E-state index in [1.807, 2.05) is 15.9 Å². The Morgan fingerprint density at radius 3 is 2.37 bits per heavy atom. The molecule has 22 nitrogen and oxygen atoms in total. The van der Waals surface area contributed by atoms with Gasteiger partial charge in [0.2, 0.25) is 17.8 Å². The van der Waals surface area contributed by atoms with Crippen LogP contribution in [-0.4, -0.2) is 141 Å². The number of pyridine rings is 1. The molecule has 4 aromatic heterocycles. The molecule has 0 atom stereocenters. The number of alkyl halides is 2. The molecule has 442 valence electrons. The lowest BCUT2D eigenvalue weighted by atomic mass is 9.92. The molecule has 0 aliphatic carbocycles. The van der Waals surface area contributed by atoms with Crippen molar-refractivity contribution in [3.8, 4) is 22.6 Å². The van der Waals surface area contributed by atoms with E-state index < -0.39 is 12.0 Å². The standard InChI is InChI=1S/C58H72ClF2N15O7/c1-62-49(77)34-83-48-27-37-25-39(28-47(82-5)51(37)71(4)56(48)80)67-53-44(59)31-65-57(68-53)73-20-13-35(14-21-73)55(79)64-18-9-7-6-8-12-50(78)72-22-15-40(16-23-72)76-45-17-24-74(58(81)63-2)33-43(45)54(69-76)75-19-10-11-36-26-41(38-30-66-70(3)32-38)42(52(60)61)29-46(36)75/h25-32,35,40,52H,6-24,33-34H2,1-5H3,(H,62,77)(H,63,81)(H,64,79)(H,65,67,68). The summed E-state index contributed by atoms with van der Waals surface area (Å²) in [5.41, 5.74) is 5.41. The van der Waals surface area contributed by atoms with Crippen LogP contribution >= 0.6 is 11.6 Å². The number of benzene rings is 2. The minimum absolute atomic E-state index is 0.00748. The molecule has 8 heterocycles. The lowest BCUT2D eigenvalue weighted by molar-refractivity contribution is -0.132. The highest BCUT2D eigenvalue weighted by molar-refractivity contribution is 6.33. The molecule has 6 aromatic rings. The third-order valence-corrected chi connectivity index (χ3v) is 16.7. The molecular weight excluding hydrogens is 1090 g/mol. The zero-order valence-corrected chi connectivity index (χ0v) is 48.4. The smallest absolute Gasteiger partial charge is 0.317 e. The van der Waals surface area contributed by atoms with E-state index in [0.717, 1.165) is 68.2 Å². The Kier molecular flexibility index (Phi) is 18.0. The lowest BCUT2D eigenvalue weighted by Crippen LogP contribution is -2.42. The van der Waals surface area contributed by atoms with Crippen molar-refractivity contribution in [2.24, 2.45) is 20.0 Å². The van der Waals surface area contributed by atoms with Crippen LogP contribution in [0.15, 0.2) is 53.7 Å². The molecule has 0 radical (unpaired) electrons. The van der Waals surface area contributed by atoms with Gasteiger partial charge in [0.15, 0.2) is 24.0 Å². The zero-order valence-electron chi connectivity index (χ0n) is 47.6. The molecule has 0 unspecified atom stereocenters. The molecule has 0 spiro atoms. The Morgan fingerprint density at radius 1 is 0.867 bits per heavy atom. The summed E-state index contributed by atoms with van der Waals surface area (Å²) in [5, 5.41) is 22.0. The number of aromatic nitrogens is 7. The van der Waals surface area contributed by atoms with Crippen molar-refractivity contribution in [1.82, 2.24) is 59.8 Å². The lowest BCUT2D eigenvalue weighted by Gasteiger charge is -2.34. The van der Waals surface area contributed by atoms with Crippen LogP contribution in [0, 0.1) is 5.92 Å². The number of piperidine rings is 2. The Bertz CT molecular complexity index is 3440. The van der Waals surface area contributed by atoms with Crippen LogP contribution < -0.4 is 46.1 Å². The number of halogens is 3. The number of aryl methyl sites for hydroxylation is 3. The van der Waals surface area contributed by atoms with Crippen molar-refractivity contribution in [3.63, 3.8) is 0 Å². The van der Waals surface area contributed by atoms with E-state index in [4.69, 9.17) is 31.2 Å². The van der Waals surface area contributed by atoms with Crippen LogP contribution in [0.25, 0.3) is 22.0 Å². The molecule has 83 heavy (non-hydrogen) atoms. The molecule has 0 bridgehead atoms. The summed E-state index contributed by atoms with van der Waals surface area (Å²) < 4.78 is 45.9. The predicted octanol–water partition coefficient (Wildman–Crippen LogP) is 7.32. The molecule has 4 aliphatic heterocycles. The Morgan fingerprint density at radius 2 is 1.65 bits per heavy atom. The number of carbonyl (C=O) groups is 4. The van der Waals surface area contributed by atoms with Gasteiger partial charge in [0, 0.05) is 144 Å². The van der Waals surface area contributed by atoms with E-state index in [-0.39, 0.29) is 58.7 Å². The predicted molar refractivity (Wildman–Crippen MR) is 311 cm³/mol. The average molecular weight is 1160 g/mol. The first-order valence-electron chi connectivity index (χ1n) is 28.6. The van der Waals surface area contributed by atoms with Crippen molar-refractivity contribution in [2.45, 2.75) is 96.1 Å². The Balaban J connectivity index is 0.673.